The molecule has 1 fully saturated rings. The number of anilines is 2. The quantitative estimate of drug-likeness (QED) is 0.163. The molecule has 10 aromatic rings. The molecule has 0 amide bonds. The lowest BCUT2D eigenvalue weighted by Crippen LogP contribution is -2.40. The van der Waals surface area contributed by atoms with Crippen molar-refractivity contribution in [2.24, 2.45) is 0 Å². The molecule has 2 atom stereocenters. The van der Waals surface area contributed by atoms with Crippen molar-refractivity contribution in [1.82, 2.24) is 43.8 Å². The van der Waals surface area contributed by atoms with E-state index in [4.69, 9.17) is 25.0 Å². The number of nitrogen functional groups attached to an aromatic ring is 2. The molecule has 67 heavy (non-hydrogen) atoms. The molecule has 4 N–H and O–H groups in total. The molecule has 7 heterocycles. The Balaban J connectivity index is 0.000000162. The molecule has 4 aromatic carbocycles. The summed E-state index contributed by atoms with van der Waals surface area (Å²) in [5.41, 5.74) is 15.1. The number of rotatable bonds is 8. The highest BCUT2D eigenvalue weighted by Gasteiger charge is 2.29. The molecule has 0 saturated carbocycles. The molecule has 1 aliphatic rings. The fraction of sp³-hybridized carbons (Fsp3) is 0.167. The van der Waals surface area contributed by atoms with Crippen LogP contribution in [0.2, 0.25) is 0 Å². The van der Waals surface area contributed by atoms with Gasteiger partial charge < -0.3 is 25.0 Å². The fourth-order valence-corrected chi connectivity index (χ4v) is 9.98. The van der Waals surface area contributed by atoms with Gasteiger partial charge >= 0.3 is 11.3 Å². The van der Waals surface area contributed by atoms with Crippen LogP contribution in [0.3, 0.4) is 0 Å². The molecule has 0 bridgehead atoms. The molecule has 2 unspecified atom stereocenters. The van der Waals surface area contributed by atoms with Crippen molar-refractivity contribution in [3.63, 3.8) is 0 Å². The van der Waals surface area contributed by atoms with Gasteiger partial charge in [-0.3, -0.25) is 0 Å². The lowest BCUT2D eigenvalue weighted by atomic mass is 9.96. The maximum absolute atomic E-state index is 13.4. The minimum Gasteiger partial charge on any atom is -0.424 e. The second-order valence-electron chi connectivity index (χ2n) is 15.8. The van der Waals surface area contributed by atoms with Gasteiger partial charge in [0.15, 0.2) is 11.3 Å². The first-order valence-corrected chi connectivity index (χ1v) is 22.7. The van der Waals surface area contributed by atoms with Gasteiger partial charge in [-0.2, -0.15) is 14.5 Å². The lowest BCUT2D eigenvalue weighted by Gasteiger charge is -2.26. The number of aromatic nitrogens is 8. The number of fused-ring (bicyclic) bond motifs is 4. The van der Waals surface area contributed by atoms with Crippen molar-refractivity contribution in [3.05, 3.63) is 161 Å². The number of benzene rings is 4. The average molecular weight is 916 g/mol. The number of hydrogen-bond acceptors (Lipinski definition) is 15. The van der Waals surface area contributed by atoms with E-state index >= 15 is 0 Å². The predicted octanol–water partition coefficient (Wildman–Crippen LogP) is 6.60. The molecular weight excluding hydrogens is 875 g/mol. The van der Waals surface area contributed by atoms with E-state index in [1.165, 1.54) is 17.0 Å². The first-order chi connectivity index (χ1) is 32.5. The molecule has 18 nitrogen and oxygen atoms in total. The van der Waals surface area contributed by atoms with E-state index in [-0.39, 0.29) is 29.4 Å². The van der Waals surface area contributed by atoms with Crippen LogP contribution in [-0.2, 0) is 14.8 Å². The van der Waals surface area contributed by atoms with Crippen LogP contribution in [0.1, 0.15) is 37.5 Å². The van der Waals surface area contributed by atoms with E-state index in [1.807, 2.05) is 74.5 Å². The van der Waals surface area contributed by atoms with Crippen molar-refractivity contribution in [3.8, 4) is 22.3 Å². The highest BCUT2D eigenvalue weighted by Crippen LogP contribution is 2.38. The molecule has 19 heteroatoms. The van der Waals surface area contributed by atoms with E-state index in [1.54, 1.807) is 64.2 Å². The average Bonchev–Trinajstić information content (AvgIpc) is 4.01. The van der Waals surface area contributed by atoms with Crippen molar-refractivity contribution in [2.45, 2.75) is 30.8 Å². The smallest absolute Gasteiger partial charge is 0.343 e. The maximum atomic E-state index is 13.4. The molecule has 1 aliphatic heterocycles. The largest absolute Gasteiger partial charge is 0.424 e. The number of sulfonamides is 1. The first kappa shape index (κ1) is 42.8. The van der Waals surface area contributed by atoms with Crippen LogP contribution in [0.25, 0.3) is 65.9 Å². The minimum atomic E-state index is -3.75. The molecule has 1 saturated heterocycles. The third-order valence-corrected chi connectivity index (χ3v) is 13.8. The molecule has 336 valence electrons. The van der Waals surface area contributed by atoms with Gasteiger partial charge in [0.1, 0.15) is 47.9 Å². The van der Waals surface area contributed by atoms with Gasteiger partial charge in [0.05, 0.1) is 52.0 Å². The summed E-state index contributed by atoms with van der Waals surface area (Å²) in [4.78, 5) is 42.6. The van der Waals surface area contributed by atoms with Crippen LogP contribution in [-0.4, -0.2) is 78.5 Å². The SMILES string of the molecule is CC(c1oc(=O)c2ccccc2c1-c1cccc(S(=O)(=O)N2CCOCC2)c1)n1ncc2c(N)ncnc21.CC(c1oc(=O)c2ccccc2c1-c1ccccc1)n1ncc2c(N)ncnc21. The summed E-state index contributed by atoms with van der Waals surface area (Å²) in [5, 5.41) is 12.5. The summed E-state index contributed by atoms with van der Waals surface area (Å²) >= 11 is 0. The van der Waals surface area contributed by atoms with Crippen LogP contribution >= 0.6 is 0 Å². The predicted molar refractivity (Wildman–Crippen MR) is 253 cm³/mol. The van der Waals surface area contributed by atoms with Gasteiger partial charge in [0.25, 0.3) is 0 Å². The van der Waals surface area contributed by atoms with Crippen LogP contribution in [0, 0.1) is 0 Å². The summed E-state index contributed by atoms with van der Waals surface area (Å²) in [6.45, 7) is 5.02. The van der Waals surface area contributed by atoms with E-state index in [2.05, 4.69) is 30.1 Å². The zero-order chi connectivity index (χ0) is 46.4. The summed E-state index contributed by atoms with van der Waals surface area (Å²) in [6.07, 6.45) is 5.94. The normalized spacial score (nSPS) is 14.3. The standard InChI is InChI=1S/C26H24N6O5S.C22H17N5O2/c1-16(32-25-21(14-30-32)24(27)28-15-29-25)23-22(19-7-2-3-8-20(19)26(33)37-23)17-5-4-6-18(13-17)38(34,35)31-9-11-36-12-10-31;1-13(27-21-17(11-26-27)20(23)24-12-25-21)19-18(14-7-3-2-4-8-14)15-9-5-6-10-16(15)22(28)29-19/h2-8,13-16H,9-12H2,1H3,(H2,27,28,29);2-13H,1H3,(H2,23,24,25). The van der Waals surface area contributed by atoms with Crippen LogP contribution in [0.15, 0.2) is 151 Å². The molecule has 6 aromatic heterocycles. The molecular formula is C48H41N11O7S. The Bertz CT molecular complexity index is 3740. The molecule has 11 rings (SSSR count). The lowest BCUT2D eigenvalue weighted by molar-refractivity contribution is 0.0730. The Hall–Kier alpha value is -8.13. The zero-order valence-electron chi connectivity index (χ0n) is 36.1. The summed E-state index contributed by atoms with van der Waals surface area (Å²) in [6, 6.07) is 30.1. The Morgan fingerprint density at radius 1 is 0.567 bits per heavy atom. The topological polar surface area (TPSA) is 246 Å². The summed E-state index contributed by atoms with van der Waals surface area (Å²) in [5.74, 6) is 1.48. The van der Waals surface area contributed by atoms with E-state index in [0.29, 0.717) is 79.9 Å². The summed E-state index contributed by atoms with van der Waals surface area (Å²) in [7, 11) is -3.75. The van der Waals surface area contributed by atoms with Gasteiger partial charge in [-0.25, -0.2) is 47.3 Å². The summed E-state index contributed by atoms with van der Waals surface area (Å²) < 4.78 is 48.7. The Kier molecular flexibility index (Phi) is 11.1. The first-order valence-electron chi connectivity index (χ1n) is 21.2. The van der Waals surface area contributed by atoms with Gasteiger partial charge in [-0.1, -0.05) is 78.9 Å². The van der Waals surface area contributed by atoms with Crippen molar-refractivity contribution < 1.29 is 22.0 Å². The third kappa shape index (κ3) is 7.63. The van der Waals surface area contributed by atoms with Gasteiger partial charge in [-0.15, -0.1) is 0 Å². The minimum absolute atomic E-state index is 0.149. The monoisotopic (exact) mass is 915 g/mol. The van der Waals surface area contributed by atoms with Crippen LogP contribution in [0.4, 0.5) is 11.6 Å². The van der Waals surface area contributed by atoms with Crippen LogP contribution < -0.4 is 22.7 Å². The number of hydrogen-bond donors (Lipinski definition) is 2. The number of ether oxygens (including phenoxy) is 1. The van der Waals surface area contributed by atoms with E-state index < -0.39 is 27.7 Å². The zero-order valence-corrected chi connectivity index (χ0v) is 36.9. The van der Waals surface area contributed by atoms with Crippen molar-refractivity contribution in [2.75, 3.05) is 37.8 Å². The highest BCUT2D eigenvalue weighted by atomic mass is 32.2. The second-order valence-corrected chi connectivity index (χ2v) is 17.7. The van der Waals surface area contributed by atoms with Crippen molar-refractivity contribution in [1.29, 1.82) is 0 Å². The number of nitrogens with zero attached hydrogens (tertiary/aromatic N) is 9. The van der Waals surface area contributed by atoms with Crippen molar-refractivity contribution >= 4 is 65.3 Å². The molecule has 0 spiro atoms. The van der Waals surface area contributed by atoms with Gasteiger partial charge in [-0.05, 0) is 49.2 Å². The van der Waals surface area contributed by atoms with Gasteiger partial charge in [0.2, 0.25) is 10.0 Å². The van der Waals surface area contributed by atoms with E-state index in [9.17, 15) is 18.0 Å². The van der Waals surface area contributed by atoms with Crippen LogP contribution in [0.5, 0.6) is 0 Å². The van der Waals surface area contributed by atoms with Gasteiger partial charge in [0, 0.05) is 35.0 Å². The Morgan fingerprint density at radius 2 is 1.03 bits per heavy atom. The number of morpholine rings is 1. The maximum Gasteiger partial charge on any atom is 0.343 e. The number of nitrogens with two attached hydrogens (primary N) is 2. The second kappa shape index (κ2) is 17.3. The highest BCUT2D eigenvalue weighted by molar-refractivity contribution is 7.89. The molecule has 0 radical (unpaired) electrons. The molecule has 0 aliphatic carbocycles. The Morgan fingerprint density at radius 3 is 1.55 bits per heavy atom. The third-order valence-electron chi connectivity index (χ3n) is 11.9. The fourth-order valence-electron chi connectivity index (χ4n) is 8.52. The Labute approximate surface area is 381 Å². The van der Waals surface area contributed by atoms with E-state index in [0.717, 1.165) is 16.5 Å².